The lowest BCUT2D eigenvalue weighted by Crippen LogP contribution is -2.12. The second-order valence-electron chi connectivity index (χ2n) is 3.06. The molecule has 2 rings (SSSR count). The highest BCUT2D eigenvalue weighted by atomic mass is 32.2. The Kier molecular flexibility index (Phi) is 4.26. The Balaban J connectivity index is 2.13. The third-order valence-electron chi connectivity index (χ3n) is 1.94. The van der Waals surface area contributed by atoms with E-state index in [1.54, 1.807) is 24.3 Å². The van der Waals surface area contributed by atoms with Crippen molar-refractivity contribution in [1.82, 2.24) is 19.7 Å². The molecule has 0 aliphatic heterocycles. The average molecular weight is 252 g/mol. The fourth-order valence-electron chi connectivity index (χ4n) is 1.20. The summed E-state index contributed by atoms with van der Waals surface area (Å²) in [4.78, 5) is 8.51. The minimum absolute atomic E-state index is 0.839. The van der Waals surface area contributed by atoms with Crippen molar-refractivity contribution < 1.29 is 0 Å². The van der Waals surface area contributed by atoms with E-state index < -0.39 is 0 Å². The van der Waals surface area contributed by atoms with Crippen molar-refractivity contribution in [1.29, 1.82) is 0 Å². The van der Waals surface area contributed by atoms with Crippen molar-refractivity contribution >= 4 is 23.3 Å². The van der Waals surface area contributed by atoms with Gasteiger partial charge in [0, 0.05) is 12.7 Å². The number of aromatic nitrogens is 3. The monoisotopic (exact) mass is 252 g/mol. The molecule has 0 radical (unpaired) electrons. The molecular formula is C10H12N4S2. The Labute approximate surface area is 103 Å². The maximum atomic E-state index is 4.37. The fraction of sp³-hybridized carbons (Fsp3) is 0.300. The molecule has 0 aliphatic rings. The average Bonchev–Trinajstić information content (AvgIpc) is 2.81. The quantitative estimate of drug-likeness (QED) is 0.884. The summed E-state index contributed by atoms with van der Waals surface area (Å²) in [6, 6.07) is 4.04. The highest BCUT2D eigenvalue weighted by Gasteiger charge is 2.06. The van der Waals surface area contributed by atoms with Crippen LogP contribution in [0.25, 0.3) is 0 Å². The summed E-state index contributed by atoms with van der Waals surface area (Å²) >= 11 is 2.96. The normalized spacial score (nSPS) is 10.6. The van der Waals surface area contributed by atoms with Crippen LogP contribution in [-0.2, 0) is 6.54 Å². The molecule has 0 atom stereocenters. The van der Waals surface area contributed by atoms with E-state index in [0.29, 0.717) is 0 Å². The van der Waals surface area contributed by atoms with E-state index >= 15 is 0 Å². The van der Waals surface area contributed by atoms with Crippen molar-refractivity contribution in [2.75, 3.05) is 6.54 Å². The van der Waals surface area contributed by atoms with E-state index in [1.165, 1.54) is 17.1 Å². The van der Waals surface area contributed by atoms with Gasteiger partial charge in [0.2, 0.25) is 0 Å². The lowest BCUT2D eigenvalue weighted by atomic mass is 10.3. The highest BCUT2D eigenvalue weighted by Crippen LogP contribution is 2.28. The first-order valence-corrected chi connectivity index (χ1v) is 6.58. The molecule has 84 valence electrons. The summed E-state index contributed by atoms with van der Waals surface area (Å²) in [6.45, 7) is 3.89. The number of nitrogens with one attached hydrogen (secondary N) is 1. The molecule has 16 heavy (non-hydrogen) atoms. The van der Waals surface area contributed by atoms with Crippen LogP contribution >= 0.6 is 23.3 Å². The largest absolute Gasteiger partial charge is 0.313 e. The third-order valence-corrected chi connectivity index (χ3v) is 3.72. The molecule has 2 aromatic heterocycles. The van der Waals surface area contributed by atoms with Crippen LogP contribution in [0.5, 0.6) is 0 Å². The van der Waals surface area contributed by atoms with Crippen LogP contribution in [0, 0.1) is 0 Å². The van der Waals surface area contributed by atoms with Gasteiger partial charge in [0.05, 0.1) is 0 Å². The highest BCUT2D eigenvalue weighted by molar-refractivity contribution is 8.00. The zero-order valence-electron chi connectivity index (χ0n) is 8.88. The van der Waals surface area contributed by atoms with Gasteiger partial charge in [-0.15, -0.1) is 0 Å². The predicted molar refractivity (Wildman–Crippen MR) is 65.6 cm³/mol. The Morgan fingerprint density at radius 3 is 3.12 bits per heavy atom. The van der Waals surface area contributed by atoms with Gasteiger partial charge >= 0.3 is 0 Å². The van der Waals surface area contributed by atoms with Gasteiger partial charge < -0.3 is 5.32 Å². The van der Waals surface area contributed by atoms with Crippen LogP contribution in [0.4, 0.5) is 0 Å². The Bertz CT molecular complexity index is 430. The molecule has 0 saturated heterocycles. The predicted octanol–water partition coefficient (Wildman–Crippen LogP) is 2.19. The van der Waals surface area contributed by atoms with Gasteiger partial charge in [-0.05, 0) is 41.5 Å². The zero-order valence-corrected chi connectivity index (χ0v) is 10.5. The summed E-state index contributed by atoms with van der Waals surface area (Å²) in [5.74, 6) is 0. The number of nitrogens with zero attached hydrogens (tertiary/aromatic N) is 3. The molecule has 0 saturated carbocycles. The van der Waals surface area contributed by atoms with Gasteiger partial charge in [-0.25, -0.2) is 9.97 Å². The molecule has 0 unspecified atom stereocenters. The first-order valence-electron chi connectivity index (χ1n) is 4.99. The molecule has 0 aromatic carbocycles. The van der Waals surface area contributed by atoms with Crippen molar-refractivity contribution in [2.45, 2.75) is 22.8 Å². The van der Waals surface area contributed by atoms with Crippen LogP contribution in [0.3, 0.4) is 0 Å². The molecule has 2 aromatic rings. The SMILES string of the molecule is CCNCc1cccnc1Sc1ncns1. The van der Waals surface area contributed by atoms with E-state index in [4.69, 9.17) is 0 Å². The molecule has 1 N–H and O–H groups in total. The lowest BCUT2D eigenvalue weighted by Gasteiger charge is -2.06. The molecule has 2 heterocycles. The van der Waals surface area contributed by atoms with Gasteiger partial charge in [0.15, 0.2) is 4.34 Å². The Hall–Kier alpha value is -0.980. The molecule has 0 aliphatic carbocycles. The topological polar surface area (TPSA) is 50.7 Å². The van der Waals surface area contributed by atoms with E-state index in [1.807, 2.05) is 6.07 Å². The standard InChI is InChI=1S/C10H12N4S2/c1-2-11-6-8-4-3-5-12-9(8)15-10-13-7-14-16-10/h3-5,7,11H,2,6H2,1H3. The van der Waals surface area contributed by atoms with Crippen LogP contribution in [0.1, 0.15) is 12.5 Å². The Morgan fingerprint density at radius 1 is 1.44 bits per heavy atom. The van der Waals surface area contributed by atoms with Crippen LogP contribution in [0.2, 0.25) is 0 Å². The van der Waals surface area contributed by atoms with E-state index in [0.717, 1.165) is 22.5 Å². The van der Waals surface area contributed by atoms with Crippen molar-refractivity contribution in [2.24, 2.45) is 0 Å². The number of pyridine rings is 1. The van der Waals surface area contributed by atoms with Crippen LogP contribution < -0.4 is 5.32 Å². The number of hydrogen-bond acceptors (Lipinski definition) is 6. The Morgan fingerprint density at radius 2 is 2.38 bits per heavy atom. The molecule has 6 heteroatoms. The van der Waals surface area contributed by atoms with Crippen LogP contribution in [-0.4, -0.2) is 20.9 Å². The molecule has 0 amide bonds. The summed E-state index contributed by atoms with van der Waals surface area (Å²) in [5.41, 5.74) is 1.20. The van der Waals surface area contributed by atoms with Gasteiger partial charge in [-0.2, -0.15) is 4.37 Å². The van der Waals surface area contributed by atoms with Gasteiger partial charge in [-0.3, -0.25) is 0 Å². The van der Waals surface area contributed by atoms with Gasteiger partial charge in [0.1, 0.15) is 11.4 Å². The van der Waals surface area contributed by atoms with E-state index in [9.17, 15) is 0 Å². The van der Waals surface area contributed by atoms with Crippen LogP contribution in [0.15, 0.2) is 34.0 Å². The zero-order chi connectivity index (χ0) is 11.2. The minimum Gasteiger partial charge on any atom is -0.313 e. The second-order valence-corrected chi connectivity index (χ2v) is 5.07. The lowest BCUT2D eigenvalue weighted by molar-refractivity contribution is 0.711. The second kappa shape index (κ2) is 5.93. The van der Waals surface area contributed by atoms with Crippen molar-refractivity contribution in [3.8, 4) is 0 Å². The summed E-state index contributed by atoms with van der Waals surface area (Å²) in [6.07, 6.45) is 3.37. The maximum absolute atomic E-state index is 4.37. The van der Waals surface area contributed by atoms with E-state index in [-0.39, 0.29) is 0 Å². The third kappa shape index (κ3) is 3.01. The minimum atomic E-state index is 0.839. The smallest absolute Gasteiger partial charge is 0.176 e. The first kappa shape index (κ1) is 11.5. The van der Waals surface area contributed by atoms with Crippen molar-refractivity contribution in [3.05, 3.63) is 30.2 Å². The summed E-state index contributed by atoms with van der Waals surface area (Å²) in [7, 11) is 0. The number of hydrogen-bond donors (Lipinski definition) is 1. The molecule has 0 fully saturated rings. The molecule has 4 nitrogen and oxygen atoms in total. The summed E-state index contributed by atoms with van der Waals surface area (Å²) in [5, 5.41) is 4.30. The maximum Gasteiger partial charge on any atom is 0.176 e. The molecular weight excluding hydrogens is 240 g/mol. The van der Waals surface area contributed by atoms with Crippen molar-refractivity contribution in [3.63, 3.8) is 0 Å². The van der Waals surface area contributed by atoms with E-state index in [2.05, 4.69) is 32.6 Å². The molecule has 0 spiro atoms. The van der Waals surface area contributed by atoms with Gasteiger partial charge in [0.25, 0.3) is 0 Å². The molecule has 0 bridgehead atoms. The van der Waals surface area contributed by atoms with Gasteiger partial charge in [-0.1, -0.05) is 13.0 Å². The fourth-order valence-corrected chi connectivity index (χ4v) is 2.64. The number of rotatable bonds is 5. The first-order chi connectivity index (χ1) is 7.90. The summed E-state index contributed by atoms with van der Waals surface area (Å²) < 4.78 is 4.90.